The van der Waals surface area contributed by atoms with Crippen LogP contribution in [0.4, 0.5) is 4.39 Å². The van der Waals surface area contributed by atoms with E-state index in [1.165, 1.54) is 17.4 Å². The number of aliphatic hydroxyl groups is 1. The zero-order chi connectivity index (χ0) is 12.7. The number of nitrogens with zero attached hydrogens (tertiary/aromatic N) is 1. The molecule has 1 aromatic carbocycles. The molecule has 0 spiro atoms. The van der Waals surface area contributed by atoms with E-state index in [9.17, 15) is 9.18 Å². The summed E-state index contributed by atoms with van der Waals surface area (Å²) in [5.74, 6) is -0.167. The molecule has 1 fully saturated rings. The molecule has 0 bridgehead atoms. The normalized spacial score (nSPS) is 16.0. The number of hydrogen-bond donors (Lipinski definition) is 1. The lowest BCUT2D eigenvalue weighted by atomic mass is 10.0. The van der Waals surface area contributed by atoms with E-state index >= 15 is 0 Å². The number of benzene rings is 1. The van der Waals surface area contributed by atoms with Crippen molar-refractivity contribution in [2.24, 2.45) is 5.92 Å². The second kappa shape index (κ2) is 4.33. The van der Waals surface area contributed by atoms with Crippen molar-refractivity contribution in [1.82, 2.24) is 4.90 Å². The summed E-state index contributed by atoms with van der Waals surface area (Å²) in [6, 6.07) is 6.47. The number of hydrogen-bond acceptors (Lipinski definition) is 3. The maximum absolute atomic E-state index is 13.5. The molecular weight excluding hydrogens is 253 g/mol. The van der Waals surface area contributed by atoms with Gasteiger partial charge in [-0.3, -0.25) is 4.79 Å². The van der Waals surface area contributed by atoms with Crippen LogP contribution < -0.4 is 0 Å². The summed E-state index contributed by atoms with van der Waals surface area (Å²) < 4.78 is 14.3. The Bertz CT molecular complexity index is 604. The third kappa shape index (κ3) is 1.79. The number of likely N-dealkylation sites (tertiary alicyclic amines) is 1. The van der Waals surface area contributed by atoms with Crippen molar-refractivity contribution in [2.75, 3.05) is 19.7 Å². The van der Waals surface area contributed by atoms with Gasteiger partial charge in [-0.15, -0.1) is 11.3 Å². The van der Waals surface area contributed by atoms with Gasteiger partial charge >= 0.3 is 0 Å². The highest BCUT2D eigenvalue weighted by Crippen LogP contribution is 2.30. The van der Waals surface area contributed by atoms with E-state index in [0.29, 0.717) is 23.4 Å². The average Bonchev–Trinajstić information content (AvgIpc) is 2.73. The fraction of sp³-hybridized carbons (Fsp3) is 0.308. The van der Waals surface area contributed by atoms with Gasteiger partial charge in [0.25, 0.3) is 5.91 Å². The van der Waals surface area contributed by atoms with Crippen molar-refractivity contribution >= 4 is 27.3 Å². The molecule has 94 valence electrons. The molecule has 1 saturated heterocycles. The van der Waals surface area contributed by atoms with E-state index in [1.54, 1.807) is 17.0 Å². The minimum atomic E-state index is -0.292. The number of aliphatic hydroxyl groups excluding tert-OH is 1. The van der Waals surface area contributed by atoms with Crippen molar-refractivity contribution in [3.05, 3.63) is 35.0 Å². The minimum absolute atomic E-state index is 0.0692. The summed E-state index contributed by atoms with van der Waals surface area (Å²) in [5, 5.41) is 9.43. The van der Waals surface area contributed by atoms with Crippen LogP contribution in [0, 0.1) is 11.7 Å². The van der Waals surface area contributed by atoms with Gasteiger partial charge in [-0.2, -0.15) is 0 Å². The van der Waals surface area contributed by atoms with Gasteiger partial charge in [-0.05, 0) is 18.2 Å². The molecule has 0 aliphatic carbocycles. The van der Waals surface area contributed by atoms with E-state index in [2.05, 4.69) is 0 Å². The Labute approximate surface area is 107 Å². The number of fused-ring (bicyclic) bond motifs is 1. The summed E-state index contributed by atoms with van der Waals surface area (Å²) in [4.78, 5) is 14.3. The molecule has 3 nitrogen and oxygen atoms in total. The summed E-state index contributed by atoms with van der Waals surface area (Å²) in [6.07, 6.45) is 0. The first-order valence-corrected chi connectivity index (χ1v) is 6.59. The highest BCUT2D eigenvalue weighted by atomic mass is 32.1. The van der Waals surface area contributed by atoms with Crippen LogP contribution in [-0.4, -0.2) is 35.6 Å². The molecule has 1 aliphatic heterocycles. The van der Waals surface area contributed by atoms with Crippen LogP contribution in [0.3, 0.4) is 0 Å². The number of rotatable bonds is 2. The van der Waals surface area contributed by atoms with Gasteiger partial charge in [0.05, 0.1) is 4.88 Å². The molecule has 1 N–H and O–H groups in total. The minimum Gasteiger partial charge on any atom is -0.396 e. The van der Waals surface area contributed by atoms with Crippen molar-refractivity contribution in [2.45, 2.75) is 0 Å². The predicted octanol–water partition coefficient (Wildman–Crippen LogP) is 2.10. The highest BCUT2D eigenvalue weighted by Gasteiger charge is 2.31. The Balaban J connectivity index is 1.87. The van der Waals surface area contributed by atoms with E-state index in [1.807, 2.05) is 6.07 Å². The fourth-order valence-electron chi connectivity index (χ4n) is 2.14. The van der Waals surface area contributed by atoms with Crippen molar-refractivity contribution in [3.8, 4) is 0 Å². The Morgan fingerprint density at radius 1 is 1.50 bits per heavy atom. The summed E-state index contributed by atoms with van der Waals surface area (Å²) in [6.45, 7) is 1.29. The van der Waals surface area contributed by atoms with E-state index in [4.69, 9.17) is 5.11 Å². The Morgan fingerprint density at radius 3 is 2.94 bits per heavy atom. The largest absolute Gasteiger partial charge is 0.396 e. The van der Waals surface area contributed by atoms with Gasteiger partial charge in [0, 0.05) is 35.7 Å². The van der Waals surface area contributed by atoms with Crippen molar-refractivity contribution in [3.63, 3.8) is 0 Å². The lowest BCUT2D eigenvalue weighted by molar-refractivity contribution is 0.0366. The van der Waals surface area contributed by atoms with Gasteiger partial charge in [-0.1, -0.05) is 6.07 Å². The smallest absolute Gasteiger partial charge is 0.263 e. The molecule has 0 radical (unpaired) electrons. The maximum Gasteiger partial charge on any atom is 0.263 e. The van der Waals surface area contributed by atoms with Crippen LogP contribution in [0.1, 0.15) is 9.67 Å². The molecule has 1 aromatic heterocycles. The highest BCUT2D eigenvalue weighted by molar-refractivity contribution is 7.20. The number of thiophene rings is 1. The van der Waals surface area contributed by atoms with Crippen LogP contribution in [0.15, 0.2) is 24.3 Å². The van der Waals surface area contributed by atoms with Crippen LogP contribution in [-0.2, 0) is 0 Å². The quantitative estimate of drug-likeness (QED) is 0.903. The van der Waals surface area contributed by atoms with Gasteiger partial charge in [-0.25, -0.2) is 4.39 Å². The first-order valence-electron chi connectivity index (χ1n) is 5.77. The molecule has 3 rings (SSSR count). The molecule has 0 atom stereocenters. The summed E-state index contributed by atoms with van der Waals surface area (Å²) in [5.41, 5.74) is 0. The first-order chi connectivity index (χ1) is 8.69. The second-order valence-electron chi connectivity index (χ2n) is 4.52. The lowest BCUT2D eigenvalue weighted by Gasteiger charge is -2.37. The SMILES string of the molecule is O=C(c1cc2c(F)cccc2s1)N1CC(CO)C1. The van der Waals surface area contributed by atoms with Crippen molar-refractivity contribution in [1.29, 1.82) is 0 Å². The fourth-order valence-corrected chi connectivity index (χ4v) is 3.18. The molecule has 2 heterocycles. The summed E-state index contributed by atoms with van der Waals surface area (Å²) in [7, 11) is 0. The average molecular weight is 265 g/mol. The number of amides is 1. The van der Waals surface area contributed by atoms with Gasteiger partial charge in [0.1, 0.15) is 5.82 Å². The van der Waals surface area contributed by atoms with Crippen LogP contribution in [0.5, 0.6) is 0 Å². The molecule has 0 unspecified atom stereocenters. The Hall–Kier alpha value is -1.46. The lowest BCUT2D eigenvalue weighted by Crippen LogP contribution is -2.51. The van der Waals surface area contributed by atoms with Crippen LogP contribution in [0.25, 0.3) is 10.1 Å². The second-order valence-corrected chi connectivity index (χ2v) is 5.60. The first kappa shape index (κ1) is 11.6. The van der Waals surface area contributed by atoms with E-state index < -0.39 is 0 Å². The van der Waals surface area contributed by atoms with Gasteiger partial charge < -0.3 is 10.0 Å². The molecule has 18 heavy (non-hydrogen) atoms. The predicted molar refractivity (Wildman–Crippen MR) is 68.3 cm³/mol. The zero-order valence-electron chi connectivity index (χ0n) is 9.60. The van der Waals surface area contributed by atoms with Crippen molar-refractivity contribution < 1.29 is 14.3 Å². The van der Waals surface area contributed by atoms with Crippen LogP contribution >= 0.6 is 11.3 Å². The molecule has 0 saturated carbocycles. The van der Waals surface area contributed by atoms with E-state index in [0.717, 1.165) is 4.70 Å². The monoisotopic (exact) mass is 265 g/mol. The van der Waals surface area contributed by atoms with Crippen LogP contribution in [0.2, 0.25) is 0 Å². The molecular formula is C13H12FNO2S. The topological polar surface area (TPSA) is 40.5 Å². The number of carbonyl (C=O) groups excluding carboxylic acids is 1. The molecule has 2 aromatic rings. The van der Waals surface area contributed by atoms with E-state index in [-0.39, 0.29) is 24.2 Å². The summed E-state index contributed by atoms with van der Waals surface area (Å²) >= 11 is 1.31. The number of carbonyl (C=O) groups is 1. The molecule has 1 aliphatic rings. The zero-order valence-corrected chi connectivity index (χ0v) is 10.4. The van der Waals surface area contributed by atoms with Gasteiger partial charge in [0.15, 0.2) is 0 Å². The standard InChI is InChI=1S/C13H12FNO2S/c14-10-2-1-3-11-9(10)4-12(18-11)13(17)15-5-8(6-15)7-16/h1-4,8,16H,5-7H2. The third-order valence-corrected chi connectivity index (χ3v) is 4.31. The molecule has 1 amide bonds. The molecule has 5 heteroatoms. The number of halogens is 1. The maximum atomic E-state index is 13.5. The van der Waals surface area contributed by atoms with Gasteiger partial charge in [0.2, 0.25) is 0 Å². The Kier molecular flexibility index (Phi) is 2.80. The Morgan fingerprint density at radius 2 is 2.28 bits per heavy atom. The third-order valence-electron chi connectivity index (χ3n) is 3.22.